The number of hydrogen-bond donors (Lipinski definition) is 0. The van der Waals surface area contributed by atoms with Crippen molar-refractivity contribution in [2.45, 2.75) is 6.92 Å². The van der Waals surface area contributed by atoms with E-state index in [-0.39, 0.29) is 17.0 Å². The van der Waals surface area contributed by atoms with Gasteiger partial charge in [0.05, 0.1) is 51.8 Å². The smallest absolute Gasteiger partial charge is 0.101 e. The van der Waals surface area contributed by atoms with Gasteiger partial charge in [0.25, 0.3) is 0 Å². The van der Waals surface area contributed by atoms with Gasteiger partial charge in [0.15, 0.2) is 0 Å². The molecule has 7 heteroatoms. The van der Waals surface area contributed by atoms with Crippen LogP contribution in [0, 0.1) is 0 Å². The van der Waals surface area contributed by atoms with E-state index in [4.69, 9.17) is 0 Å². The molecule has 4 aromatic carbocycles. The first-order valence-electron chi connectivity index (χ1n) is 13.4. The molecular formula is C33H35BrN6. The molecule has 1 aliphatic carbocycles. The molecule has 1 aliphatic rings. The Labute approximate surface area is 247 Å². The molecule has 0 saturated carbocycles. The molecule has 6 nitrogen and oxygen atoms in total. The predicted octanol–water partition coefficient (Wildman–Crippen LogP) is 4.49. The molecule has 0 radical (unpaired) electrons. The number of likely N-dealkylation sites (N-methyl/N-ethyl adjacent to an activating group) is 2. The van der Waals surface area contributed by atoms with E-state index >= 15 is 0 Å². The maximum absolute atomic E-state index is 4.59. The fourth-order valence-corrected chi connectivity index (χ4v) is 4.62. The van der Waals surface area contributed by atoms with Crippen molar-refractivity contribution in [1.82, 2.24) is 0 Å². The third-order valence-electron chi connectivity index (χ3n) is 6.83. The van der Waals surface area contributed by atoms with Crippen molar-refractivity contribution in [3.63, 3.8) is 0 Å². The molecule has 0 N–H and O–H groups in total. The van der Waals surface area contributed by atoms with Crippen LogP contribution in [0.1, 0.15) is 23.6 Å². The summed E-state index contributed by atoms with van der Waals surface area (Å²) < 4.78 is 0.949. The lowest BCUT2D eigenvalue weighted by Crippen LogP contribution is -3.00. The topological polar surface area (TPSA) is 52.7 Å². The molecule has 0 atom stereocenters. The number of hydrogen-bond acceptors (Lipinski definition) is 5. The molecule has 0 saturated heterocycles. The van der Waals surface area contributed by atoms with Crippen LogP contribution in [0.5, 0.6) is 0 Å². The van der Waals surface area contributed by atoms with Crippen LogP contribution in [0.25, 0.3) is 11.1 Å². The first-order chi connectivity index (χ1) is 18.9. The quantitative estimate of drug-likeness (QED) is 0.107. The van der Waals surface area contributed by atoms with Crippen molar-refractivity contribution < 1.29 is 21.5 Å². The molecule has 0 unspecified atom stereocenters. The summed E-state index contributed by atoms with van der Waals surface area (Å²) in [5, 5.41) is 17.8. The van der Waals surface area contributed by atoms with Crippen molar-refractivity contribution >= 4 is 29.0 Å². The zero-order chi connectivity index (χ0) is 27.2. The van der Waals surface area contributed by atoms with E-state index in [0.29, 0.717) is 0 Å². The standard InChI is InChI=1S/C33H35N6.BrH/c1-5-38(22-23-39(2,3)4)28-20-18-27(19-21-28)36-35-26-16-14-25(15-17-26)24-34-37-33-31-12-8-6-10-29(31)30-11-7-9-13-32(30)33;/h6-21,24H,5,22-23H2,1-4H3;1H/q+1;/p-1/b34-24+,36-35?;. The second kappa shape index (κ2) is 12.9. The molecule has 0 heterocycles. The zero-order valence-electron chi connectivity index (χ0n) is 23.5. The molecule has 40 heavy (non-hydrogen) atoms. The molecule has 4 aromatic rings. The Bertz CT molecular complexity index is 1470. The number of anilines is 1. The lowest BCUT2D eigenvalue weighted by atomic mass is 10.1. The normalized spacial score (nSPS) is 12.3. The van der Waals surface area contributed by atoms with E-state index in [0.717, 1.165) is 57.9 Å². The van der Waals surface area contributed by atoms with E-state index in [1.165, 1.54) is 16.8 Å². The number of rotatable bonds is 9. The molecule has 0 bridgehead atoms. The van der Waals surface area contributed by atoms with Crippen LogP contribution in [-0.2, 0) is 0 Å². The van der Waals surface area contributed by atoms with Gasteiger partial charge in [0, 0.05) is 23.4 Å². The lowest BCUT2D eigenvalue weighted by Gasteiger charge is -2.29. The SMILES string of the molecule is CCN(CC[N+](C)(C)C)c1ccc(N=Nc2ccc(/C=N/N=C3c4ccccc4-c4ccccc43)cc2)cc1.[Br-]. The van der Waals surface area contributed by atoms with E-state index in [1.54, 1.807) is 6.21 Å². The summed E-state index contributed by atoms with van der Waals surface area (Å²) in [6, 6.07) is 32.8. The summed E-state index contributed by atoms with van der Waals surface area (Å²) in [5.74, 6) is 0. The van der Waals surface area contributed by atoms with E-state index in [2.05, 4.69) is 102 Å². The number of quaternary nitrogens is 1. The van der Waals surface area contributed by atoms with Gasteiger partial charge < -0.3 is 26.4 Å². The van der Waals surface area contributed by atoms with Crippen LogP contribution in [0.2, 0.25) is 0 Å². The Kier molecular flexibility index (Phi) is 9.40. The maximum Gasteiger partial charge on any atom is 0.101 e. The Morgan fingerprint density at radius 1 is 0.675 bits per heavy atom. The minimum absolute atomic E-state index is 0. The molecule has 5 rings (SSSR count). The maximum atomic E-state index is 4.59. The van der Waals surface area contributed by atoms with Crippen molar-refractivity contribution in [3.05, 3.63) is 114 Å². The Morgan fingerprint density at radius 2 is 1.18 bits per heavy atom. The number of halogens is 1. The fraction of sp³-hybridized carbons (Fsp3) is 0.212. The van der Waals surface area contributed by atoms with Gasteiger partial charge >= 0.3 is 0 Å². The fourth-order valence-electron chi connectivity index (χ4n) is 4.62. The van der Waals surface area contributed by atoms with Gasteiger partial charge in [-0.15, -0.1) is 5.10 Å². The van der Waals surface area contributed by atoms with Crippen LogP contribution >= 0.6 is 0 Å². The third kappa shape index (κ3) is 6.97. The van der Waals surface area contributed by atoms with Gasteiger partial charge in [-0.2, -0.15) is 15.3 Å². The highest BCUT2D eigenvalue weighted by atomic mass is 79.9. The van der Waals surface area contributed by atoms with Crippen LogP contribution < -0.4 is 21.9 Å². The van der Waals surface area contributed by atoms with Crippen LogP contribution in [0.4, 0.5) is 17.1 Å². The lowest BCUT2D eigenvalue weighted by molar-refractivity contribution is -0.868. The van der Waals surface area contributed by atoms with Gasteiger partial charge in [-0.1, -0.05) is 60.7 Å². The average Bonchev–Trinajstić information content (AvgIpc) is 3.27. The van der Waals surface area contributed by atoms with Crippen molar-refractivity contribution in [3.8, 4) is 11.1 Å². The molecule has 0 spiro atoms. The summed E-state index contributed by atoms with van der Waals surface area (Å²) in [6.45, 7) is 5.27. The number of azo groups is 1. The monoisotopic (exact) mass is 594 g/mol. The van der Waals surface area contributed by atoms with E-state index in [1.807, 2.05) is 48.5 Å². The molecule has 204 valence electrons. The van der Waals surface area contributed by atoms with Gasteiger partial charge in [-0.05, 0) is 60.0 Å². The largest absolute Gasteiger partial charge is 1.00 e. The van der Waals surface area contributed by atoms with Gasteiger partial charge in [0.2, 0.25) is 0 Å². The van der Waals surface area contributed by atoms with Crippen molar-refractivity contribution in [2.75, 3.05) is 45.7 Å². The Hall–Kier alpha value is -3.94. The second-order valence-corrected chi connectivity index (χ2v) is 10.7. The Balaban J connectivity index is 0.00000370. The number of benzene rings is 4. The molecule has 0 fully saturated rings. The first kappa shape index (κ1) is 29.1. The van der Waals surface area contributed by atoms with Gasteiger partial charge in [0.1, 0.15) is 5.71 Å². The summed E-state index contributed by atoms with van der Waals surface area (Å²) in [7, 11) is 6.67. The molecule has 0 aliphatic heterocycles. The summed E-state index contributed by atoms with van der Waals surface area (Å²) in [6.07, 6.45) is 1.77. The van der Waals surface area contributed by atoms with Gasteiger partial charge in [-0.3, -0.25) is 0 Å². The third-order valence-corrected chi connectivity index (χ3v) is 6.83. The summed E-state index contributed by atoms with van der Waals surface area (Å²) in [4.78, 5) is 2.39. The highest BCUT2D eigenvalue weighted by Gasteiger charge is 2.23. The zero-order valence-corrected chi connectivity index (χ0v) is 25.1. The van der Waals surface area contributed by atoms with E-state index < -0.39 is 0 Å². The van der Waals surface area contributed by atoms with Gasteiger partial charge in [-0.25, -0.2) is 0 Å². The minimum atomic E-state index is 0. The average molecular weight is 596 g/mol. The highest BCUT2D eigenvalue weighted by molar-refractivity contribution is 6.24. The second-order valence-electron chi connectivity index (χ2n) is 10.7. The van der Waals surface area contributed by atoms with Crippen molar-refractivity contribution in [2.24, 2.45) is 20.4 Å². The van der Waals surface area contributed by atoms with Crippen LogP contribution in [0.3, 0.4) is 0 Å². The Morgan fingerprint density at radius 3 is 1.68 bits per heavy atom. The predicted molar refractivity (Wildman–Crippen MR) is 163 cm³/mol. The molecule has 0 aromatic heterocycles. The minimum Gasteiger partial charge on any atom is -1.00 e. The number of nitrogens with zero attached hydrogens (tertiary/aromatic N) is 6. The van der Waals surface area contributed by atoms with Crippen LogP contribution in [0.15, 0.2) is 117 Å². The summed E-state index contributed by atoms with van der Waals surface area (Å²) >= 11 is 0. The molecular weight excluding hydrogens is 560 g/mol. The number of fused-ring (bicyclic) bond motifs is 3. The van der Waals surface area contributed by atoms with Crippen molar-refractivity contribution in [1.29, 1.82) is 0 Å². The van der Waals surface area contributed by atoms with E-state index in [9.17, 15) is 0 Å². The first-order valence-corrected chi connectivity index (χ1v) is 13.4. The van der Waals surface area contributed by atoms with Crippen LogP contribution in [-0.4, -0.2) is 57.2 Å². The molecule has 0 amide bonds. The summed E-state index contributed by atoms with van der Waals surface area (Å²) in [5.41, 5.74) is 9.33. The highest BCUT2D eigenvalue weighted by Crippen LogP contribution is 2.36.